The number of rotatable bonds is 30. The minimum absolute atomic E-state index is 0.299. The molecule has 0 radical (unpaired) electrons. The maximum Gasteiger partial charge on any atom is 0.313 e. The molecule has 0 aromatic carbocycles. The number of ether oxygens (including phenoxy) is 1. The highest BCUT2D eigenvalue weighted by Gasteiger charge is 2.17. The molecule has 0 aliphatic carbocycles. The number of allylic oxidation sites excluding steroid dienone is 1. The lowest BCUT2D eigenvalue weighted by atomic mass is 10.0. The van der Waals surface area contributed by atoms with Crippen LogP contribution in [0.5, 0.6) is 0 Å². The number of carbonyl (C=O) groups is 2. The summed E-state index contributed by atoms with van der Waals surface area (Å²) in [7, 11) is 0. The van der Waals surface area contributed by atoms with Gasteiger partial charge >= 0.3 is 5.97 Å². The Morgan fingerprint density at radius 1 is 0.579 bits per heavy atom. The van der Waals surface area contributed by atoms with E-state index in [2.05, 4.69) is 13.8 Å². The predicted octanol–water partition coefficient (Wildman–Crippen LogP) is 9.63. The minimum atomic E-state index is -1.20. The van der Waals surface area contributed by atoms with Crippen LogP contribution in [0.25, 0.3) is 0 Å². The first-order valence-electron chi connectivity index (χ1n) is 16.6. The van der Waals surface area contributed by atoms with Crippen molar-refractivity contribution in [3.05, 3.63) is 12.2 Å². The zero-order valence-electron chi connectivity index (χ0n) is 25.5. The van der Waals surface area contributed by atoms with Crippen molar-refractivity contribution >= 4 is 11.9 Å². The summed E-state index contributed by atoms with van der Waals surface area (Å²) in [6, 6.07) is 0. The molecule has 0 aliphatic heterocycles. The van der Waals surface area contributed by atoms with E-state index in [4.69, 9.17) is 4.74 Å². The second kappa shape index (κ2) is 30.2. The zero-order valence-corrected chi connectivity index (χ0v) is 25.5. The third kappa shape index (κ3) is 27.7. The van der Waals surface area contributed by atoms with Gasteiger partial charge in [-0.3, -0.25) is 4.79 Å². The van der Waals surface area contributed by atoms with Gasteiger partial charge in [-0.2, -0.15) is 0 Å². The fourth-order valence-corrected chi connectivity index (χ4v) is 5.00. The minimum Gasteiger partial charge on any atom is -0.550 e. The Morgan fingerprint density at radius 3 is 1.34 bits per heavy atom. The molecule has 0 rings (SSSR count). The van der Waals surface area contributed by atoms with E-state index in [1.807, 2.05) is 6.08 Å². The van der Waals surface area contributed by atoms with Crippen LogP contribution in [0.4, 0.5) is 0 Å². The molecule has 0 bridgehead atoms. The number of hydrogen-bond donors (Lipinski definition) is 0. The van der Waals surface area contributed by atoms with Gasteiger partial charge in [-0.25, -0.2) is 0 Å². The molecular formula is C34H63O4-. The van der Waals surface area contributed by atoms with Crippen molar-refractivity contribution in [2.45, 2.75) is 181 Å². The third-order valence-corrected chi connectivity index (χ3v) is 7.52. The molecule has 4 nitrogen and oxygen atoms in total. The second-order valence-electron chi connectivity index (χ2n) is 11.3. The van der Waals surface area contributed by atoms with Gasteiger partial charge < -0.3 is 14.6 Å². The Hall–Kier alpha value is -1.32. The van der Waals surface area contributed by atoms with Crippen molar-refractivity contribution in [3.8, 4) is 0 Å². The van der Waals surface area contributed by atoms with Gasteiger partial charge in [0.05, 0.1) is 12.5 Å². The summed E-state index contributed by atoms with van der Waals surface area (Å²) in [4.78, 5) is 23.5. The fourth-order valence-electron chi connectivity index (χ4n) is 5.00. The molecule has 0 N–H and O–H groups in total. The van der Waals surface area contributed by atoms with Crippen molar-refractivity contribution in [2.75, 3.05) is 6.61 Å². The summed E-state index contributed by atoms with van der Waals surface area (Å²) in [6.45, 7) is 4.89. The first-order chi connectivity index (χ1) is 18.6. The van der Waals surface area contributed by atoms with E-state index in [1.165, 1.54) is 135 Å². The van der Waals surface area contributed by atoms with Gasteiger partial charge in [0.1, 0.15) is 0 Å². The Balaban J connectivity index is 3.73. The van der Waals surface area contributed by atoms with Crippen LogP contribution in [-0.4, -0.2) is 18.5 Å². The van der Waals surface area contributed by atoms with E-state index >= 15 is 0 Å². The fraction of sp³-hybridized carbons (Fsp3) is 0.882. The van der Waals surface area contributed by atoms with Crippen LogP contribution in [-0.2, 0) is 14.3 Å². The molecule has 0 aliphatic rings. The first kappa shape index (κ1) is 36.7. The molecule has 0 saturated carbocycles. The number of carboxylic acid groups (broad SMARTS) is 1. The summed E-state index contributed by atoms with van der Waals surface area (Å²) >= 11 is 0. The maximum atomic E-state index is 12.4. The lowest BCUT2D eigenvalue weighted by Gasteiger charge is -2.13. The van der Waals surface area contributed by atoms with E-state index < -0.39 is 17.9 Å². The van der Waals surface area contributed by atoms with Crippen LogP contribution < -0.4 is 5.11 Å². The molecular weight excluding hydrogens is 472 g/mol. The molecule has 1 unspecified atom stereocenters. The van der Waals surface area contributed by atoms with Gasteiger partial charge in [0.15, 0.2) is 0 Å². The quantitative estimate of drug-likeness (QED) is 0.0521. The van der Waals surface area contributed by atoms with E-state index in [0.29, 0.717) is 6.61 Å². The average Bonchev–Trinajstić information content (AvgIpc) is 2.90. The molecule has 224 valence electrons. The molecule has 38 heavy (non-hydrogen) atoms. The standard InChI is InChI=1S/C34H64O4/c1-3-5-7-9-11-13-15-16-17-18-19-20-21-23-25-27-29-32(31-33(35)36)34(37)38-30-28-26-24-22-14-12-10-8-6-4-2/h27,29,32H,3-26,28,30-31H2,1-2H3,(H,35,36)/p-1. The van der Waals surface area contributed by atoms with Gasteiger partial charge in [0, 0.05) is 12.4 Å². The Morgan fingerprint density at radius 2 is 0.947 bits per heavy atom. The van der Waals surface area contributed by atoms with Crippen LogP contribution in [0, 0.1) is 5.92 Å². The van der Waals surface area contributed by atoms with Crippen molar-refractivity contribution in [1.82, 2.24) is 0 Å². The molecule has 0 saturated heterocycles. The molecule has 0 spiro atoms. The Labute approximate surface area is 236 Å². The van der Waals surface area contributed by atoms with Crippen molar-refractivity contribution in [1.29, 1.82) is 0 Å². The van der Waals surface area contributed by atoms with Crippen LogP contribution >= 0.6 is 0 Å². The first-order valence-corrected chi connectivity index (χ1v) is 16.6. The van der Waals surface area contributed by atoms with E-state index in [9.17, 15) is 14.7 Å². The molecule has 1 atom stereocenters. The lowest BCUT2D eigenvalue weighted by Crippen LogP contribution is -2.28. The summed E-state index contributed by atoms with van der Waals surface area (Å²) in [6.07, 6.45) is 35.2. The van der Waals surface area contributed by atoms with E-state index in [0.717, 1.165) is 25.7 Å². The zero-order chi connectivity index (χ0) is 27.9. The van der Waals surface area contributed by atoms with Gasteiger partial charge in [0.25, 0.3) is 0 Å². The molecule has 4 heteroatoms. The van der Waals surface area contributed by atoms with Crippen molar-refractivity contribution in [3.63, 3.8) is 0 Å². The average molecular weight is 536 g/mol. The normalized spacial score (nSPS) is 12.3. The van der Waals surface area contributed by atoms with Crippen LogP contribution in [0.15, 0.2) is 12.2 Å². The summed E-state index contributed by atoms with van der Waals surface area (Å²) in [5.74, 6) is -2.36. The predicted molar refractivity (Wildman–Crippen MR) is 160 cm³/mol. The summed E-state index contributed by atoms with van der Waals surface area (Å²) in [5, 5.41) is 11.1. The van der Waals surface area contributed by atoms with Crippen LogP contribution in [0.2, 0.25) is 0 Å². The topological polar surface area (TPSA) is 66.4 Å². The molecule has 0 fully saturated rings. The van der Waals surface area contributed by atoms with Crippen molar-refractivity contribution in [2.24, 2.45) is 5.92 Å². The highest BCUT2D eigenvalue weighted by molar-refractivity contribution is 5.80. The monoisotopic (exact) mass is 535 g/mol. The molecule has 0 amide bonds. The number of carbonyl (C=O) groups excluding carboxylic acids is 2. The smallest absolute Gasteiger partial charge is 0.313 e. The number of carboxylic acids is 1. The van der Waals surface area contributed by atoms with Crippen molar-refractivity contribution < 1.29 is 19.4 Å². The number of unbranched alkanes of at least 4 members (excludes halogenated alkanes) is 23. The number of esters is 1. The highest BCUT2D eigenvalue weighted by atomic mass is 16.5. The van der Waals surface area contributed by atoms with Gasteiger partial charge in [-0.1, -0.05) is 167 Å². The van der Waals surface area contributed by atoms with E-state index in [-0.39, 0.29) is 6.42 Å². The SMILES string of the molecule is CCCCCCCCCCCCCCCCC=CC(CC(=O)[O-])C(=O)OCCCCCCCCCCCC. The van der Waals surface area contributed by atoms with Crippen LogP contribution in [0.1, 0.15) is 181 Å². The molecule has 0 aromatic heterocycles. The van der Waals surface area contributed by atoms with Gasteiger partial charge in [-0.15, -0.1) is 0 Å². The number of hydrogen-bond acceptors (Lipinski definition) is 4. The molecule has 0 aromatic rings. The molecule has 0 heterocycles. The Bertz CT molecular complexity index is 543. The summed E-state index contributed by atoms with van der Waals surface area (Å²) < 4.78 is 5.38. The largest absolute Gasteiger partial charge is 0.550 e. The maximum absolute atomic E-state index is 12.4. The van der Waals surface area contributed by atoms with E-state index in [1.54, 1.807) is 6.08 Å². The van der Waals surface area contributed by atoms with Gasteiger partial charge in [-0.05, 0) is 19.3 Å². The third-order valence-electron chi connectivity index (χ3n) is 7.52. The van der Waals surface area contributed by atoms with Gasteiger partial charge in [0.2, 0.25) is 0 Å². The second-order valence-corrected chi connectivity index (χ2v) is 11.3. The van der Waals surface area contributed by atoms with Crippen LogP contribution in [0.3, 0.4) is 0 Å². The Kier molecular flexibility index (Phi) is 29.2. The number of aliphatic carboxylic acids is 1. The lowest BCUT2D eigenvalue weighted by molar-refractivity contribution is -0.306. The highest BCUT2D eigenvalue weighted by Crippen LogP contribution is 2.15. The summed E-state index contributed by atoms with van der Waals surface area (Å²) in [5.41, 5.74) is 0.